The molecule has 1 aliphatic carbocycles. The molecule has 1 aromatic rings. The molecule has 1 unspecified atom stereocenters. The van der Waals surface area contributed by atoms with Crippen molar-refractivity contribution in [2.24, 2.45) is 0 Å². The van der Waals surface area contributed by atoms with E-state index in [0.29, 0.717) is 5.56 Å². The fraction of sp³-hybridized carbons (Fsp3) is 0.600. The molecule has 0 saturated heterocycles. The maximum atomic E-state index is 13.3. The zero-order valence-electron chi connectivity index (χ0n) is 11.2. The lowest BCUT2D eigenvalue weighted by molar-refractivity contribution is -0.0337. The second kappa shape index (κ2) is 5.37. The molecule has 0 radical (unpaired) electrons. The van der Waals surface area contributed by atoms with Gasteiger partial charge in [0.25, 0.3) is 0 Å². The highest BCUT2D eigenvalue weighted by atomic mass is 19.1. The zero-order chi connectivity index (χ0) is 13.2. The maximum Gasteiger partial charge on any atom is 0.123 e. The summed E-state index contributed by atoms with van der Waals surface area (Å²) >= 11 is 0. The third kappa shape index (κ3) is 2.43. The van der Waals surface area contributed by atoms with Gasteiger partial charge in [-0.15, -0.1) is 0 Å². The van der Waals surface area contributed by atoms with Crippen molar-refractivity contribution >= 4 is 0 Å². The second-order valence-corrected chi connectivity index (χ2v) is 5.52. The van der Waals surface area contributed by atoms with Gasteiger partial charge in [0.2, 0.25) is 0 Å². The SMILES string of the molecule is CN(C)C1(C(O)c2cccc(F)c2)CCCCC1. The molecule has 3 heteroatoms. The van der Waals surface area contributed by atoms with Gasteiger partial charge in [0.1, 0.15) is 5.82 Å². The summed E-state index contributed by atoms with van der Waals surface area (Å²) in [7, 11) is 4.02. The van der Waals surface area contributed by atoms with Crippen LogP contribution >= 0.6 is 0 Å². The molecule has 2 rings (SSSR count). The van der Waals surface area contributed by atoms with Crippen LogP contribution in [0, 0.1) is 5.82 Å². The van der Waals surface area contributed by atoms with Gasteiger partial charge in [-0.3, -0.25) is 0 Å². The number of hydrogen-bond donors (Lipinski definition) is 1. The van der Waals surface area contributed by atoms with E-state index < -0.39 is 6.10 Å². The van der Waals surface area contributed by atoms with Crippen molar-refractivity contribution in [2.75, 3.05) is 14.1 Å². The van der Waals surface area contributed by atoms with Crippen molar-refractivity contribution in [2.45, 2.75) is 43.7 Å². The monoisotopic (exact) mass is 251 g/mol. The van der Waals surface area contributed by atoms with E-state index in [1.165, 1.54) is 18.6 Å². The summed E-state index contributed by atoms with van der Waals surface area (Å²) in [6.45, 7) is 0. The summed E-state index contributed by atoms with van der Waals surface area (Å²) in [5, 5.41) is 10.7. The molecule has 1 aliphatic rings. The number of aliphatic hydroxyl groups excluding tert-OH is 1. The molecule has 100 valence electrons. The topological polar surface area (TPSA) is 23.5 Å². The molecule has 1 saturated carbocycles. The Kier molecular flexibility index (Phi) is 4.03. The fourth-order valence-electron chi connectivity index (χ4n) is 3.12. The summed E-state index contributed by atoms with van der Waals surface area (Å²) in [6, 6.07) is 6.34. The van der Waals surface area contributed by atoms with Gasteiger partial charge in [-0.1, -0.05) is 31.4 Å². The van der Waals surface area contributed by atoms with Crippen molar-refractivity contribution < 1.29 is 9.50 Å². The maximum absolute atomic E-state index is 13.3. The lowest BCUT2D eigenvalue weighted by Gasteiger charge is -2.46. The van der Waals surface area contributed by atoms with E-state index in [2.05, 4.69) is 4.90 Å². The summed E-state index contributed by atoms with van der Waals surface area (Å²) in [4.78, 5) is 2.11. The molecular formula is C15H22FNO. The van der Waals surface area contributed by atoms with Crippen LogP contribution in [0.2, 0.25) is 0 Å². The first-order valence-electron chi connectivity index (χ1n) is 6.67. The molecule has 0 amide bonds. The standard InChI is InChI=1S/C15H22FNO/c1-17(2)15(9-4-3-5-10-15)14(18)12-7-6-8-13(16)11-12/h6-8,11,14,18H,3-5,9-10H2,1-2H3. The van der Waals surface area contributed by atoms with Crippen LogP contribution in [-0.2, 0) is 0 Å². The molecule has 0 heterocycles. The minimum atomic E-state index is -0.622. The predicted molar refractivity (Wildman–Crippen MR) is 70.9 cm³/mol. The van der Waals surface area contributed by atoms with Gasteiger partial charge in [0.15, 0.2) is 0 Å². The molecule has 0 aromatic heterocycles. The number of rotatable bonds is 3. The number of aliphatic hydroxyl groups is 1. The Morgan fingerprint density at radius 3 is 2.44 bits per heavy atom. The van der Waals surface area contributed by atoms with Crippen LogP contribution in [0.15, 0.2) is 24.3 Å². The second-order valence-electron chi connectivity index (χ2n) is 5.52. The Bertz CT molecular complexity index is 399. The molecule has 1 aromatic carbocycles. The Hall–Kier alpha value is -0.930. The summed E-state index contributed by atoms with van der Waals surface area (Å²) in [5.74, 6) is -0.281. The highest BCUT2D eigenvalue weighted by Gasteiger charge is 2.41. The molecule has 1 N–H and O–H groups in total. The number of hydrogen-bond acceptors (Lipinski definition) is 2. The Morgan fingerprint density at radius 2 is 1.89 bits per heavy atom. The van der Waals surface area contributed by atoms with Crippen LogP contribution in [-0.4, -0.2) is 29.6 Å². The van der Waals surface area contributed by atoms with E-state index in [1.807, 2.05) is 20.2 Å². The average Bonchev–Trinajstić information content (AvgIpc) is 2.38. The van der Waals surface area contributed by atoms with E-state index in [1.54, 1.807) is 6.07 Å². The van der Waals surface area contributed by atoms with Crippen molar-refractivity contribution in [3.05, 3.63) is 35.6 Å². The lowest BCUT2D eigenvalue weighted by Crippen LogP contribution is -2.50. The molecule has 0 aliphatic heterocycles. The van der Waals surface area contributed by atoms with Crippen LogP contribution < -0.4 is 0 Å². The van der Waals surface area contributed by atoms with Gasteiger partial charge in [0, 0.05) is 0 Å². The van der Waals surface area contributed by atoms with E-state index in [-0.39, 0.29) is 11.4 Å². The third-order valence-electron chi connectivity index (χ3n) is 4.28. The van der Waals surface area contributed by atoms with Crippen LogP contribution in [0.5, 0.6) is 0 Å². The van der Waals surface area contributed by atoms with Gasteiger partial charge in [-0.2, -0.15) is 0 Å². The van der Waals surface area contributed by atoms with Crippen molar-refractivity contribution in [1.29, 1.82) is 0 Å². The van der Waals surface area contributed by atoms with E-state index in [9.17, 15) is 9.50 Å². The van der Waals surface area contributed by atoms with Gasteiger partial charge in [-0.25, -0.2) is 4.39 Å². The van der Waals surface area contributed by atoms with Gasteiger partial charge < -0.3 is 10.0 Å². The van der Waals surface area contributed by atoms with Crippen molar-refractivity contribution in [3.8, 4) is 0 Å². The first-order valence-corrected chi connectivity index (χ1v) is 6.67. The van der Waals surface area contributed by atoms with Gasteiger partial charge >= 0.3 is 0 Å². The van der Waals surface area contributed by atoms with Crippen LogP contribution in [0.25, 0.3) is 0 Å². The highest BCUT2D eigenvalue weighted by molar-refractivity contribution is 5.23. The van der Waals surface area contributed by atoms with Gasteiger partial charge in [-0.05, 0) is 44.6 Å². The molecule has 1 fully saturated rings. The number of benzene rings is 1. The van der Waals surface area contributed by atoms with Crippen LogP contribution in [0.3, 0.4) is 0 Å². The largest absolute Gasteiger partial charge is 0.386 e. The van der Waals surface area contributed by atoms with E-state index in [4.69, 9.17) is 0 Å². The molecule has 0 bridgehead atoms. The van der Waals surface area contributed by atoms with E-state index >= 15 is 0 Å². The van der Waals surface area contributed by atoms with Crippen LogP contribution in [0.1, 0.15) is 43.8 Å². The lowest BCUT2D eigenvalue weighted by atomic mass is 9.74. The summed E-state index contributed by atoms with van der Waals surface area (Å²) in [5.41, 5.74) is 0.442. The number of halogens is 1. The Labute approximate surface area is 108 Å². The molecule has 0 spiro atoms. The Balaban J connectivity index is 2.31. The first-order chi connectivity index (χ1) is 8.56. The molecular weight excluding hydrogens is 229 g/mol. The third-order valence-corrected chi connectivity index (χ3v) is 4.28. The zero-order valence-corrected chi connectivity index (χ0v) is 11.2. The fourth-order valence-corrected chi connectivity index (χ4v) is 3.12. The molecule has 1 atom stereocenters. The summed E-state index contributed by atoms with van der Waals surface area (Å²) in [6.07, 6.45) is 4.80. The highest BCUT2D eigenvalue weighted by Crippen LogP contribution is 2.41. The number of nitrogens with zero attached hydrogens (tertiary/aromatic N) is 1. The minimum Gasteiger partial charge on any atom is -0.386 e. The smallest absolute Gasteiger partial charge is 0.123 e. The van der Waals surface area contributed by atoms with Crippen LogP contribution in [0.4, 0.5) is 4.39 Å². The minimum absolute atomic E-state index is 0.244. The van der Waals surface area contributed by atoms with Gasteiger partial charge in [0.05, 0.1) is 11.6 Å². The Morgan fingerprint density at radius 1 is 1.22 bits per heavy atom. The normalized spacial score (nSPS) is 20.9. The summed E-state index contributed by atoms with van der Waals surface area (Å²) < 4.78 is 13.3. The number of likely N-dealkylation sites (N-methyl/N-ethyl adjacent to an activating group) is 1. The molecule has 18 heavy (non-hydrogen) atoms. The quantitative estimate of drug-likeness (QED) is 0.892. The van der Waals surface area contributed by atoms with E-state index in [0.717, 1.165) is 25.7 Å². The predicted octanol–water partition coefficient (Wildman–Crippen LogP) is 3.12. The van der Waals surface area contributed by atoms with Crippen molar-refractivity contribution in [3.63, 3.8) is 0 Å². The average molecular weight is 251 g/mol. The van der Waals surface area contributed by atoms with Crippen molar-refractivity contribution in [1.82, 2.24) is 4.90 Å². The molecule has 2 nitrogen and oxygen atoms in total. The first kappa shape index (κ1) is 13.5.